The number of hydrogen-bond acceptors (Lipinski definition) is 0. The first-order chi connectivity index (χ1) is 10.5. The third-order valence-electron chi connectivity index (χ3n) is 9.03. The van der Waals surface area contributed by atoms with E-state index in [1.165, 1.54) is 51.4 Å². The zero-order chi connectivity index (χ0) is 15.5. The Bertz CT molecular complexity index is 474. The molecule has 0 spiro atoms. The van der Waals surface area contributed by atoms with Crippen LogP contribution < -0.4 is 0 Å². The average Bonchev–Trinajstić information content (AvgIpc) is 2.84. The Morgan fingerprint density at radius 2 is 1.82 bits per heavy atom. The van der Waals surface area contributed by atoms with Crippen molar-refractivity contribution < 1.29 is 0 Å². The van der Waals surface area contributed by atoms with Gasteiger partial charge in [-0.1, -0.05) is 45.8 Å². The molecule has 0 aromatic rings. The van der Waals surface area contributed by atoms with Crippen LogP contribution in [0.4, 0.5) is 0 Å². The number of rotatable bonds is 1. The van der Waals surface area contributed by atoms with Crippen LogP contribution in [0.15, 0.2) is 11.6 Å². The van der Waals surface area contributed by atoms with Crippen molar-refractivity contribution in [2.75, 3.05) is 0 Å². The lowest BCUT2D eigenvalue weighted by atomic mass is 9.46. The van der Waals surface area contributed by atoms with Crippen LogP contribution in [0.5, 0.6) is 0 Å². The molecule has 0 radical (unpaired) electrons. The molecule has 0 saturated heterocycles. The van der Waals surface area contributed by atoms with Gasteiger partial charge in [-0.3, -0.25) is 0 Å². The van der Waals surface area contributed by atoms with Gasteiger partial charge in [0.2, 0.25) is 0 Å². The highest BCUT2D eigenvalue weighted by Crippen LogP contribution is 2.67. The minimum Gasteiger partial charge on any atom is -0.0819 e. The molecule has 3 fully saturated rings. The minimum absolute atomic E-state index is 0.570. The molecule has 4 rings (SSSR count). The highest BCUT2D eigenvalue weighted by atomic mass is 14.6. The van der Waals surface area contributed by atoms with Gasteiger partial charge in [0.05, 0.1) is 0 Å². The topological polar surface area (TPSA) is 0 Å². The van der Waals surface area contributed by atoms with Crippen molar-refractivity contribution in [2.45, 2.75) is 85.5 Å². The van der Waals surface area contributed by atoms with Crippen LogP contribution >= 0.6 is 0 Å². The van der Waals surface area contributed by atoms with E-state index in [0.717, 1.165) is 29.6 Å². The molecule has 6 unspecified atom stereocenters. The van der Waals surface area contributed by atoms with Gasteiger partial charge in [-0.15, -0.1) is 0 Å². The third kappa shape index (κ3) is 1.94. The zero-order valence-electron chi connectivity index (χ0n) is 15.3. The first-order valence-corrected chi connectivity index (χ1v) is 10.2. The summed E-state index contributed by atoms with van der Waals surface area (Å²) < 4.78 is 0. The lowest BCUT2D eigenvalue weighted by Gasteiger charge is -2.58. The zero-order valence-corrected chi connectivity index (χ0v) is 15.3. The van der Waals surface area contributed by atoms with Gasteiger partial charge in [0.1, 0.15) is 0 Å². The lowest BCUT2D eigenvalue weighted by molar-refractivity contribution is -0.0528. The molecule has 0 amide bonds. The van der Waals surface area contributed by atoms with Crippen LogP contribution in [0, 0.1) is 40.4 Å². The summed E-state index contributed by atoms with van der Waals surface area (Å²) in [6, 6.07) is 0. The smallest absolute Gasteiger partial charge is 0.00851 e. The van der Waals surface area contributed by atoms with Gasteiger partial charge in [0.25, 0.3) is 0 Å². The van der Waals surface area contributed by atoms with Crippen molar-refractivity contribution in [3.8, 4) is 0 Å². The van der Waals surface area contributed by atoms with Gasteiger partial charge >= 0.3 is 0 Å². The van der Waals surface area contributed by atoms with E-state index < -0.39 is 0 Å². The molecular weight excluding hydrogens is 264 g/mol. The third-order valence-corrected chi connectivity index (χ3v) is 9.03. The van der Waals surface area contributed by atoms with E-state index in [2.05, 4.69) is 33.8 Å². The molecule has 22 heavy (non-hydrogen) atoms. The average molecular weight is 301 g/mol. The van der Waals surface area contributed by atoms with E-state index >= 15 is 0 Å². The Morgan fingerprint density at radius 3 is 2.59 bits per heavy atom. The maximum atomic E-state index is 2.68. The summed E-state index contributed by atoms with van der Waals surface area (Å²) >= 11 is 0. The largest absolute Gasteiger partial charge is 0.0819 e. The Hall–Kier alpha value is -0.260. The molecule has 0 aliphatic heterocycles. The SMILES string of the molecule is CCC1CCC2C3CCC4=CC(C)CCC4(C)C3CC[C@]12C. The highest BCUT2D eigenvalue weighted by molar-refractivity contribution is 5.24. The van der Waals surface area contributed by atoms with Gasteiger partial charge in [0, 0.05) is 0 Å². The van der Waals surface area contributed by atoms with E-state index in [4.69, 9.17) is 0 Å². The predicted molar refractivity (Wildman–Crippen MR) is 94.6 cm³/mol. The second-order valence-electron chi connectivity index (χ2n) is 9.77. The van der Waals surface area contributed by atoms with Crippen molar-refractivity contribution in [2.24, 2.45) is 40.4 Å². The Kier molecular flexibility index (Phi) is 3.55. The summed E-state index contributed by atoms with van der Waals surface area (Å²) in [5, 5.41) is 0. The van der Waals surface area contributed by atoms with Crippen molar-refractivity contribution in [1.82, 2.24) is 0 Å². The molecule has 3 saturated carbocycles. The maximum Gasteiger partial charge on any atom is -0.00851 e. The standard InChI is InChI=1S/C22H36/c1-5-16-7-9-19-18-8-6-17-14-15(2)10-12-22(17,4)20(18)11-13-21(16,19)3/h14-16,18-20H,5-13H2,1-4H3/t15?,16?,18?,19?,20?,21-,22?/m1/s1. The first kappa shape index (κ1) is 15.3. The fourth-order valence-corrected chi connectivity index (χ4v) is 7.68. The molecule has 0 aromatic carbocycles. The van der Waals surface area contributed by atoms with Gasteiger partial charge in [0.15, 0.2) is 0 Å². The number of fused-ring (bicyclic) bond motifs is 5. The molecule has 0 bridgehead atoms. The van der Waals surface area contributed by atoms with E-state index in [1.807, 2.05) is 5.57 Å². The quantitative estimate of drug-likeness (QED) is 0.478. The summed E-state index contributed by atoms with van der Waals surface area (Å²) in [6.07, 6.45) is 16.1. The molecule has 4 aliphatic rings. The molecular formula is C22H36. The summed E-state index contributed by atoms with van der Waals surface area (Å²) in [5.41, 5.74) is 3.12. The summed E-state index contributed by atoms with van der Waals surface area (Å²) in [5.74, 6) is 4.97. The molecule has 0 N–H and O–H groups in total. The van der Waals surface area contributed by atoms with Crippen LogP contribution in [-0.4, -0.2) is 0 Å². The summed E-state index contributed by atoms with van der Waals surface area (Å²) in [6.45, 7) is 10.2. The highest BCUT2D eigenvalue weighted by Gasteiger charge is 2.58. The van der Waals surface area contributed by atoms with E-state index in [0.29, 0.717) is 10.8 Å². The number of hydrogen-bond donors (Lipinski definition) is 0. The maximum absolute atomic E-state index is 2.68. The summed E-state index contributed by atoms with van der Waals surface area (Å²) in [7, 11) is 0. The van der Waals surface area contributed by atoms with Crippen LogP contribution in [0.1, 0.15) is 85.5 Å². The molecule has 7 atom stereocenters. The van der Waals surface area contributed by atoms with Crippen LogP contribution in [0.25, 0.3) is 0 Å². The molecule has 0 nitrogen and oxygen atoms in total. The van der Waals surface area contributed by atoms with Gasteiger partial charge < -0.3 is 0 Å². The Labute approximate surface area is 138 Å². The van der Waals surface area contributed by atoms with E-state index in [-0.39, 0.29) is 0 Å². The Morgan fingerprint density at radius 1 is 1.00 bits per heavy atom. The first-order valence-electron chi connectivity index (χ1n) is 10.2. The lowest BCUT2D eigenvalue weighted by Crippen LogP contribution is -2.50. The number of allylic oxidation sites excluding steroid dienone is 2. The van der Waals surface area contributed by atoms with Crippen molar-refractivity contribution >= 4 is 0 Å². The fraction of sp³-hybridized carbons (Fsp3) is 0.909. The fourth-order valence-electron chi connectivity index (χ4n) is 7.68. The molecule has 4 aliphatic carbocycles. The van der Waals surface area contributed by atoms with Crippen molar-refractivity contribution in [3.05, 3.63) is 11.6 Å². The molecule has 0 aromatic heterocycles. The van der Waals surface area contributed by atoms with E-state index in [1.54, 1.807) is 6.42 Å². The predicted octanol–water partition coefficient (Wildman–Crippen LogP) is 6.61. The van der Waals surface area contributed by atoms with Crippen molar-refractivity contribution in [1.29, 1.82) is 0 Å². The van der Waals surface area contributed by atoms with Gasteiger partial charge in [-0.2, -0.15) is 0 Å². The van der Waals surface area contributed by atoms with Crippen molar-refractivity contribution in [3.63, 3.8) is 0 Å². The normalized spacial score (nSPS) is 54.2. The summed E-state index contributed by atoms with van der Waals surface area (Å²) in [4.78, 5) is 0. The molecule has 0 heterocycles. The van der Waals surface area contributed by atoms with Crippen LogP contribution in [0.2, 0.25) is 0 Å². The van der Waals surface area contributed by atoms with Crippen LogP contribution in [-0.2, 0) is 0 Å². The minimum atomic E-state index is 0.570. The second-order valence-corrected chi connectivity index (χ2v) is 9.77. The monoisotopic (exact) mass is 300 g/mol. The Balaban J connectivity index is 1.65. The van der Waals surface area contributed by atoms with E-state index in [9.17, 15) is 0 Å². The van der Waals surface area contributed by atoms with Crippen LogP contribution in [0.3, 0.4) is 0 Å². The molecule has 124 valence electrons. The van der Waals surface area contributed by atoms with Gasteiger partial charge in [-0.05, 0) is 91.8 Å². The second kappa shape index (κ2) is 5.12. The van der Waals surface area contributed by atoms with Gasteiger partial charge in [-0.25, -0.2) is 0 Å². The molecule has 0 heteroatoms.